The molecular formula is C76H48N6. The summed E-state index contributed by atoms with van der Waals surface area (Å²) in [6, 6.07) is 105. The number of aromatic nitrogens is 6. The van der Waals surface area contributed by atoms with Gasteiger partial charge < -0.3 is 13.7 Å². The van der Waals surface area contributed by atoms with Crippen molar-refractivity contribution in [2.45, 2.75) is 0 Å². The van der Waals surface area contributed by atoms with Crippen LogP contribution in [0.25, 0.3) is 155 Å². The molecule has 82 heavy (non-hydrogen) atoms. The third-order valence-corrected chi connectivity index (χ3v) is 16.8. The molecule has 17 aromatic rings. The SMILES string of the molecule is c1ccc(-c2cc(-c3ccc(-n4c5ccccc5c5cc(-c6ccc7c(c6)c6ccccc6n7-c6ccccc6)ccc54)cc3)nc(-n3c4ccccc4c4cc(-c5ccc6c(c5)c5ccccc5n6-c5ccccc5)ccc43)n2)cc1. The van der Waals surface area contributed by atoms with Crippen LogP contribution in [0.5, 0.6) is 0 Å². The molecule has 0 bridgehead atoms. The Balaban J connectivity index is 0.759. The van der Waals surface area contributed by atoms with Crippen LogP contribution in [0.1, 0.15) is 0 Å². The summed E-state index contributed by atoms with van der Waals surface area (Å²) in [7, 11) is 0. The first-order valence-corrected chi connectivity index (χ1v) is 28.0. The summed E-state index contributed by atoms with van der Waals surface area (Å²) in [6.07, 6.45) is 0. The lowest BCUT2D eigenvalue weighted by atomic mass is 10.0. The quantitative estimate of drug-likeness (QED) is 0.152. The molecule has 6 nitrogen and oxygen atoms in total. The van der Waals surface area contributed by atoms with Crippen molar-refractivity contribution in [2.24, 2.45) is 0 Å². The van der Waals surface area contributed by atoms with E-state index in [1.54, 1.807) is 0 Å². The molecule has 0 spiro atoms. The van der Waals surface area contributed by atoms with E-state index in [-0.39, 0.29) is 0 Å². The Bertz CT molecular complexity index is 5370. The third kappa shape index (κ3) is 7.15. The molecule has 0 fully saturated rings. The van der Waals surface area contributed by atoms with Gasteiger partial charge in [0.05, 0.1) is 55.5 Å². The second-order valence-electron chi connectivity index (χ2n) is 21.4. The average Bonchev–Trinajstić information content (AvgIpc) is 3.72. The van der Waals surface area contributed by atoms with Gasteiger partial charge in [-0.05, 0) is 138 Å². The van der Waals surface area contributed by atoms with Crippen molar-refractivity contribution < 1.29 is 0 Å². The zero-order valence-corrected chi connectivity index (χ0v) is 44.4. The number of hydrogen-bond acceptors (Lipinski definition) is 2. The summed E-state index contributed by atoms with van der Waals surface area (Å²) < 4.78 is 9.37. The molecule has 0 radical (unpaired) electrons. The Morgan fingerprint density at radius 2 is 0.451 bits per heavy atom. The van der Waals surface area contributed by atoms with Gasteiger partial charge in [0.25, 0.3) is 0 Å². The number of hydrogen-bond donors (Lipinski definition) is 0. The number of rotatable bonds is 8. The highest BCUT2D eigenvalue weighted by atomic mass is 15.2. The minimum atomic E-state index is 0.619. The lowest BCUT2D eigenvalue weighted by Crippen LogP contribution is -2.04. The van der Waals surface area contributed by atoms with Gasteiger partial charge in [-0.1, -0.05) is 176 Å². The first-order valence-electron chi connectivity index (χ1n) is 28.0. The maximum atomic E-state index is 5.47. The van der Waals surface area contributed by atoms with Gasteiger partial charge in [0, 0.05) is 71.3 Å². The Morgan fingerprint density at radius 1 is 0.183 bits per heavy atom. The first kappa shape index (κ1) is 45.9. The summed E-state index contributed by atoms with van der Waals surface area (Å²) in [6.45, 7) is 0. The van der Waals surface area contributed by atoms with Gasteiger partial charge in [-0.2, -0.15) is 0 Å². The van der Waals surface area contributed by atoms with Crippen LogP contribution in [0.2, 0.25) is 0 Å². The van der Waals surface area contributed by atoms with E-state index in [4.69, 9.17) is 9.97 Å². The second-order valence-corrected chi connectivity index (χ2v) is 21.4. The number of nitrogens with zero attached hydrogens (tertiary/aromatic N) is 6. The van der Waals surface area contributed by atoms with Crippen molar-refractivity contribution in [1.29, 1.82) is 0 Å². The molecule has 0 aliphatic rings. The van der Waals surface area contributed by atoms with E-state index in [1.165, 1.54) is 71.1 Å². The van der Waals surface area contributed by atoms with E-state index in [0.29, 0.717) is 5.95 Å². The van der Waals surface area contributed by atoms with Crippen molar-refractivity contribution in [3.63, 3.8) is 0 Å². The van der Waals surface area contributed by atoms with E-state index < -0.39 is 0 Å². The normalized spacial score (nSPS) is 11.9. The summed E-state index contributed by atoms with van der Waals surface area (Å²) in [5.74, 6) is 0.619. The third-order valence-electron chi connectivity index (χ3n) is 16.8. The smallest absolute Gasteiger partial charge is 0.235 e. The summed E-state index contributed by atoms with van der Waals surface area (Å²) >= 11 is 0. The molecule has 6 heteroatoms. The van der Waals surface area contributed by atoms with Gasteiger partial charge in [-0.15, -0.1) is 0 Å². The zero-order chi connectivity index (χ0) is 53.8. The van der Waals surface area contributed by atoms with Crippen molar-refractivity contribution in [2.75, 3.05) is 0 Å². The van der Waals surface area contributed by atoms with Gasteiger partial charge in [-0.25, -0.2) is 9.97 Å². The van der Waals surface area contributed by atoms with Crippen LogP contribution in [0.15, 0.2) is 291 Å². The minimum absolute atomic E-state index is 0.619. The fourth-order valence-electron chi connectivity index (χ4n) is 13.0. The number of fused-ring (bicyclic) bond motifs is 12. The maximum absolute atomic E-state index is 5.47. The molecule has 0 amide bonds. The standard InChI is InChI=1S/C76H48N6/c1-4-18-49(19-5-1)66-48-67(78-76(77-66)82-71-31-17-13-27-61(71)65-47-54(37-43-75(65)82)53-35-41-73-63(45-53)59-25-11-15-29-69(59)80(73)56-22-8-3-9-23-56)50-32-38-57(39-33-50)81-70-30-16-12-26-60(70)64-46-52(36-42-74(64)81)51-34-40-72-62(44-51)58-24-10-14-28-68(58)79(72)55-20-6-2-7-21-55/h1-48H. The molecule has 5 heterocycles. The molecular weight excluding hydrogens is 997 g/mol. The summed E-state index contributed by atoms with van der Waals surface area (Å²) in [5, 5.41) is 9.66. The predicted molar refractivity (Wildman–Crippen MR) is 341 cm³/mol. The highest BCUT2D eigenvalue weighted by molar-refractivity contribution is 6.15. The van der Waals surface area contributed by atoms with Crippen LogP contribution in [0.3, 0.4) is 0 Å². The molecule has 5 aromatic heterocycles. The van der Waals surface area contributed by atoms with Crippen LogP contribution in [0.4, 0.5) is 0 Å². The highest BCUT2D eigenvalue weighted by Crippen LogP contribution is 2.41. The molecule has 17 rings (SSSR count). The summed E-state index contributed by atoms with van der Waals surface area (Å²) in [5.41, 5.74) is 21.0. The largest absolute Gasteiger partial charge is 0.309 e. The first-order chi connectivity index (χ1) is 40.7. The Hall–Kier alpha value is -11.1. The number of benzene rings is 12. The van der Waals surface area contributed by atoms with Gasteiger partial charge >= 0.3 is 0 Å². The topological polar surface area (TPSA) is 45.5 Å². The average molecular weight is 1050 g/mol. The molecule has 0 saturated carbocycles. The van der Waals surface area contributed by atoms with Crippen LogP contribution < -0.4 is 0 Å². The minimum Gasteiger partial charge on any atom is -0.309 e. The van der Waals surface area contributed by atoms with E-state index in [1.807, 2.05) is 0 Å². The second kappa shape index (κ2) is 18.2. The van der Waals surface area contributed by atoms with Gasteiger partial charge in [0.1, 0.15) is 0 Å². The van der Waals surface area contributed by atoms with Gasteiger partial charge in [0.15, 0.2) is 0 Å². The van der Waals surface area contributed by atoms with Crippen LogP contribution in [-0.4, -0.2) is 28.2 Å². The van der Waals surface area contributed by atoms with E-state index >= 15 is 0 Å². The molecule has 0 N–H and O–H groups in total. The number of para-hydroxylation sites is 6. The lowest BCUT2D eigenvalue weighted by molar-refractivity contribution is 0.995. The van der Waals surface area contributed by atoms with Crippen molar-refractivity contribution >= 4 is 87.2 Å². The van der Waals surface area contributed by atoms with Crippen LogP contribution in [0, 0.1) is 0 Å². The van der Waals surface area contributed by atoms with Crippen molar-refractivity contribution in [3.05, 3.63) is 291 Å². The van der Waals surface area contributed by atoms with E-state index in [9.17, 15) is 0 Å². The predicted octanol–water partition coefficient (Wildman–Crippen LogP) is 19.5. The molecule has 382 valence electrons. The zero-order valence-electron chi connectivity index (χ0n) is 44.4. The van der Waals surface area contributed by atoms with E-state index in [2.05, 4.69) is 309 Å². The molecule has 0 saturated heterocycles. The highest BCUT2D eigenvalue weighted by Gasteiger charge is 2.21. The fraction of sp³-hybridized carbons (Fsp3) is 0. The Kier molecular flexibility index (Phi) is 10.2. The monoisotopic (exact) mass is 1040 g/mol. The molecule has 0 atom stereocenters. The van der Waals surface area contributed by atoms with Crippen LogP contribution >= 0.6 is 0 Å². The molecule has 0 aliphatic heterocycles. The van der Waals surface area contributed by atoms with E-state index in [0.717, 1.165) is 78.0 Å². The lowest BCUT2D eigenvalue weighted by Gasteiger charge is -2.13. The van der Waals surface area contributed by atoms with Gasteiger partial charge in [-0.3, -0.25) is 4.57 Å². The molecule has 12 aromatic carbocycles. The molecule has 0 aliphatic carbocycles. The maximum Gasteiger partial charge on any atom is 0.235 e. The van der Waals surface area contributed by atoms with Crippen molar-refractivity contribution in [1.82, 2.24) is 28.2 Å². The van der Waals surface area contributed by atoms with Gasteiger partial charge in [0.2, 0.25) is 5.95 Å². The Morgan fingerprint density at radius 3 is 0.829 bits per heavy atom. The van der Waals surface area contributed by atoms with Crippen molar-refractivity contribution in [3.8, 4) is 67.8 Å². The summed E-state index contributed by atoms with van der Waals surface area (Å²) in [4.78, 5) is 10.9. The fourth-order valence-corrected chi connectivity index (χ4v) is 13.0. The molecule has 0 unspecified atom stereocenters. The van der Waals surface area contributed by atoms with Crippen LogP contribution in [-0.2, 0) is 0 Å². The Labute approximate surface area is 471 Å².